The van der Waals surface area contributed by atoms with Crippen LogP contribution in [-0.4, -0.2) is 175 Å². The van der Waals surface area contributed by atoms with Crippen molar-refractivity contribution in [3.05, 3.63) is 0 Å². The molecule has 0 saturated carbocycles. The van der Waals surface area contributed by atoms with Gasteiger partial charge in [-0.15, -0.1) is 0 Å². The minimum atomic E-state index is -1.07. The van der Waals surface area contributed by atoms with Crippen molar-refractivity contribution in [1.29, 1.82) is 0 Å². The second-order valence-corrected chi connectivity index (χ2v) is 8.28. The summed E-state index contributed by atoms with van der Waals surface area (Å²) in [6.45, 7) is 3.43. The van der Waals surface area contributed by atoms with Gasteiger partial charge in [0.05, 0.1) is 45.6 Å². The molecule has 0 radical (unpaired) electrons. The van der Waals surface area contributed by atoms with Crippen LogP contribution in [0.15, 0.2) is 0 Å². The van der Waals surface area contributed by atoms with Gasteiger partial charge in [-0.1, -0.05) is 0 Å². The third-order valence-corrected chi connectivity index (χ3v) is 5.36. The normalized spacial score (nSPS) is 18.9. The predicted molar refractivity (Wildman–Crippen MR) is 122 cm³/mol. The molecule has 4 N–H and O–H groups in total. The second-order valence-electron chi connectivity index (χ2n) is 8.28. The lowest BCUT2D eigenvalue weighted by atomic mass is 10.3. The number of carboxylic acid groups (broad SMARTS) is 3. The molecule has 35 heavy (non-hydrogen) atoms. The molecule has 0 amide bonds. The highest BCUT2D eigenvalue weighted by Gasteiger charge is 2.20. The van der Waals surface area contributed by atoms with Gasteiger partial charge in [0.1, 0.15) is 12.9 Å². The van der Waals surface area contributed by atoms with Crippen molar-refractivity contribution in [2.45, 2.75) is 6.10 Å². The van der Waals surface area contributed by atoms with E-state index in [1.54, 1.807) is 9.80 Å². The minimum Gasteiger partial charge on any atom is -0.480 e. The Morgan fingerprint density at radius 2 is 1.17 bits per heavy atom. The maximum absolute atomic E-state index is 11.3. The molecule has 1 atom stereocenters. The molecule has 14 nitrogen and oxygen atoms in total. The number of carboxylic acids is 3. The third kappa shape index (κ3) is 16.2. The van der Waals surface area contributed by atoms with Gasteiger partial charge >= 0.3 is 17.9 Å². The SMILES string of the molecule is O=CCN1CCN(CC(=O)O)CCN(CC(=O)O)CCN(CC(O)COCCOCC(=O)O)CC1. The van der Waals surface area contributed by atoms with Crippen LogP contribution in [0.25, 0.3) is 0 Å². The Hall–Kier alpha value is -2.20. The zero-order valence-corrected chi connectivity index (χ0v) is 20.0. The van der Waals surface area contributed by atoms with Gasteiger partial charge in [-0.2, -0.15) is 0 Å². The number of hydrogen-bond donors (Lipinski definition) is 4. The number of hydrogen-bond acceptors (Lipinski definition) is 11. The van der Waals surface area contributed by atoms with E-state index < -0.39 is 30.6 Å². The molecule has 0 aromatic carbocycles. The molecule has 0 aromatic rings. The lowest BCUT2D eigenvalue weighted by Gasteiger charge is -2.33. The molecule has 1 aliphatic heterocycles. The molecular formula is C21H38N4O10. The van der Waals surface area contributed by atoms with Gasteiger partial charge < -0.3 is 34.7 Å². The van der Waals surface area contributed by atoms with Crippen LogP contribution in [0.2, 0.25) is 0 Å². The summed E-state index contributed by atoms with van der Waals surface area (Å²) in [6.07, 6.45) is -0.0394. The number of aldehydes is 1. The fourth-order valence-electron chi connectivity index (χ4n) is 3.60. The summed E-state index contributed by atoms with van der Waals surface area (Å²) >= 11 is 0. The van der Waals surface area contributed by atoms with Gasteiger partial charge in [0.15, 0.2) is 0 Å². The first-order valence-corrected chi connectivity index (χ1v) is 11.5. The summed E-state index contributed by atoms with van der Waals surface area (Å²) in [4.78, 5) is 51.4. The topological polar surface area (TPSA) is 181 Å². The van der Waals surface area contributed by atoms with Crippen LogP contribution in [0, 0.1) is 0 Å². The van der Waals surface area contributed by atoms with E-state index in [2.05, 4.69) is 0 Å². The van der Waals surface area contributed by atoms with Crippen LogP contribution >= 0.6 is 0 Å². The van der Waals surface area contributed by atoms with Crippen molar-refractivity contribution in [3.8, 4) is 0 Å². The first-order valence-electron chi connectivity index (χ1n) is 11.5. The maximum atomic E-state index is 11.3. The highest BCUT2D eigenvalue weighted by atomic mass is 16.5. The average molecular weight is 507 g/mol. The molecule has 202 valence electrons. The Kier molecular flexibility index (Phi) is 16.0. The van der Waals surface area contributed by atoms with Crippen molar-refractivity contribution in [2.24, 2.45) is 0 Å². The number of rotatable bonds is 15. The lowest BCUT2D eigenvalue weighted by molar-refractivity contribution is -0.143. The molecule has 1 aliphatic rings. The number of aliphatic hydroxyl groups is 1. The molecule has 1 saturated heterocycles. The number of aliphatic hydroxyl groups excluding tert-OH is 1. The number of nitrogens with zero attached hydrogens (tertiary/aromatic N) is 4. The van der Waals surface area contributed by atoms with Gasteiger partial charge in [-0.3, -0.25) is 29.2 Å². The summed E-state index contributed by atoms with van der Waals surface area (Å²) in [5.41, 5.74) is 0. The van der Waals surface area contributed by atoms with E-state index in [0.717, 1.165) is 6.29 Å². The average Bonchev–Trinajstić information content (AvgIpc) is 2.77. The Labute approximate surface area is 204 Å². The van der Waals surface area contributed by atoms with E-state index in [9.17, 15) is 34.5 Å². The summed E-state index contributed by atoms with van der Waals surface area (Å²) in [5, 5.41) is 37.4. The molecule has 1 rings (SSSR count). The Morgan fingerprint density at radius 3 is 1.63 bits per heavy atom. The molecule has 14 heteroatoms. The van der Waals surface area contributed by atoms with Crippen LogP contribution < -0.4 is 0 Å². The van der Waals surface area contributed by atoms with Crippen molar-refractivity contribution in [1.82, 2.24) is 19.6 Å². The number of ether oxygens (including phenoxy) is 2. The molecule has 1 unspecified atom stereocenters. The monoisotopic (exact) mass is 506 g/mol. The first kappa shape index (κ1) is 30.8. The molecule has 0 bridgehead atoms. The van der Waals surface area contributed by atoms with Gasteiger partial charge in [0, 0.05) is 58.9 Å². The number of aliphatic carboxylic acids is 3. The van der Waals surface area contributed by atoms with Crippen LogP contribution in [0.4, 0.5) is 0 Å². The number of β-amino-alcohol motifs (C(OH)–C–C–N with tert-alkyl or cyclic N) is 1. The third-order valence-electron chi connectivity index (χ3n) is 5.36. The predicted octanol–water partition coefficient (Wildman–Crippen LogP) is -2.95. The van der Waals surface area contributed by atoms with Gasteiger partial charge in [0.2, 0.25) is 0 Å². The summed E-state index contributed by atoms with van der Waals surface area (Å²) in [6, 6.07) is 0. The number of carbonyl (C=O) groups excluding carboxylic acids is 1. The van der Waals surface area contributed by atoms with E-state index in [0.29, 0.717) is 52.4 Å². The van der Waals surface area contributed by atoms with Gasteiger partial charge in [-0.05, 0) is 0 Å². The standard InChI is InChI=1S/C21H38N4O10/c26-10-9-22-1-3-23(13-18(27)16-34-11-12-35-17-21(32)33)5-6-25(15-20(30)31)8-7-24(4-2-22)14-19(28)29/h10,18,27H,1-9,11-17H2,(H,28,29)(H,30,31)(H,32,33). The first-order chi connectivity index (χ1) is 16.7. The highest BCUT2D eigenvalue weighted by molar-refractivity contribution is 5.69. The van der Waals surface area contributed by atoms with E-state index >= 15 is 0 Å². The minimum absolute atomic E-state index is 0.0218. The maximum Gasteiger partial charge on any atom is 0.329 e. The summed E-state index contributed by atoms with van der Waals surface area (Å²) in [7, 11) is 0. The summed E-state index contributed by atoms with van der Waals surface area (Å²) in [5.74, 6) is -3.03. The molecule has 0 spiro atoms. The van der Waals surface area contributed by atoms with E-state index in [1.165, 1.54) is 0 Å². The molecule has 1 heterocycles. The fraction of sp³-hybridized carbons (Fsp3) is 0.810. The van der Waals surface area contributed by atoms with Gasteiger partial charge in [-0.25, -0.2) is 4.79 Å². The van der Waals surface area contributed by atoms with Crippen molar-refractivity contribution in [2.75, 3.05) is 105 Å². The van der Waals surface area contributed by atoms with Crippen molar-refractivity contribution in [3.63, 3.8) is 0 Å². The largest absolute Gasteiger partial charge is 0.480 e. The van der Waals surface area contributed by atoms with Crippen LogP contribution in [0.5, 0.6) is 0 Å². The van der Waals surface area contributed by atoms with Crippen LogP contribution in [0.3, 0.4) is 0 Å². The van der Waals surface area contributed by atoms with Crippen molar-refractivity contribution >= 4 is 24.2 Å². The Balaban J connectivity index is 2.71. The highest BCUT2D eigenvalue weighted by Crippen LogP contribution is 2.02. The summed E-state index contributed by atoms with van der Waals surface area (Å²) < 4.78 is 10.2. The molecular weight excluding hydrogens is 468 g/mol. The molecule has 1 fully saturated rings. The fourth-order valence-corrected chi connectivity index (χ4v) is 3.60. The number of carbonyl (C=O) groups is 4. The van der Waals surface area contributed by atoms with Gasteiger partial charge in [0.25, 0.3) is 0 Å². The Morgan fingerprint density at radius 1 is 0.714 bits per heavy atom. The quantitative estimate of drug-likeness (QED) is 0.131. The van der Waals surface area contributed by atoms with E-state index in [-0.39, 0.29) is 46.0 Å². The lowest BCUT2D eigenvalue weighted by Crippen LogP contribution is -2.49. The van der Waals surface area contributed by atoms with Crippen LogP contribution in [-0.2, 0) is 28.7 Å². The molecule has 0 aromatic heterocycles. The zero-order valence-electron chi connectivity index (χ0n) is 20.0. The van der Waals surface area contributed by atoms with E-state index in [1.807, 2.05) is 9.80 Å². The smallest absolute Gasteiger partial charge is 0.329 e. The Bertz CT molecular complexity index is 654. The zero-order chi connectivity index (χ0) is 26.1. The van der Waals surface area contributed by atoms with Crippen LogP contribution in [0.1, 0.15) is 0 Å². The second kappa shape index (κ2) is 18.1. The molecule has 0 aliphatic carbocycles. The van der Waals surface area contributed by atoms with E-state index in [4.69, 9.17) is 14.6 Å². The van der Waals surface area contributed by atoms with Crippen molar-refractivity contribution < 1.29 is 49.1 Å².